The zero-order chi connectivity index (χ0) is 19.1. The number of nitrogens with one attached hydrogen (secondary N) is 1. The van der Waals surface area contributed by atoms with E-state index in [0.29, 0.717) is 5.69 Å². The number of hydrogen-bond donors (Lipinski definition) is 2. The van der Waals surface area contributed by atoms with Crippen LogP contribution in [0.4, 0.5) is 4.79 Å². The third-order valence-corrected chi connectivity index (χ3v) is 4.58. The van der Waals surface area contributed by atoms with E-state index in [1.165, 1.54) is 11.8 Å². The molecule has 0 aliphatic heterocycles. The van der Waals surface area contributed by atoms with Crippen molar-refractivity contribution in [3.63, 3.8) is 0 Å². The zero-order valence-electron chi connectivity index (χ0n) is 14.1. The van der Waals surface area contributed by atoms with Gasteiger partial charge in [0.1, 0.15) is 11.5 Å². The van der Waals surface area contributed by atoms with E-state index >= 15 is 0 Å². The Labute approximate surface area is 158 Å². The molecule has 1 N–H and O–H groups in total. The lowest BCUT2D eigenvalue weighted by molar-refractivity contribution is -0.115. The van der Waals surface area contributed by atoms with E-state index in [0.717, 1.165) is 16.9 Å². The van der Waals surface area contributed by atoms with Crippen molar-refractivity contribution in [2.45, 2.75) is 13.5 Å². The van der Waals surface area contributed by atoms with Crippen molar-refractivity contribution in [1.29, 1.82) is 0 Å². The molecule has 1 aromatic heterocycles. The highest BCUT2D eigenvalue weighted by Crippen LogP contribution is 2.12. The molecule has 10 heteroatoms. The van der Waals surface area contributed by atoms with E-state index in [9.17, 15) is 14.4 Å². The SMILES string of the molecule is COC(=O)c1sc(=NC(=O)CS)n(NC(=O)OCc2ccccc2)c1C. The van der Waals surface area contributed by atoms with Crippen molar-refractivity contribution in [3.8, 4) is 0 Å². The first-order valence-corrected chi connectivity index (χ1v) is 8.88. The van der Waals surface area contributed by atoms with Crippen LogP contribution >= 0.6 is 24.0 Å². The number of carbonyl (C=O) groups is 3. The van der Waals surface area contributed by atoms with Crippen LogP contribution in [0.5, 0.6) is 0 Å². The topological polar surface area (TPSA) is 99.0 Å². The second kappa shape index (κ2) is 9.20. The number of nitrogens with zero attached hydrogens (tertiary/aromatic N) is 2. The first kappa shape index (κ1) is 19.7. The molecule has 2 aromatic rings. The Morgan fingerprint density at radius 2 is 1.96 bits per heavy atom. The maximum absolute atomic E-state index is 12.1. The van der Waals surface area contributed by atoms with E-state index in [4.69, 9.17) is 9.47 Å². The number of esters is 1. The van der Waals surface area contributed by atoms with E-state index < -0.39 is 18.0 Å². The van der Waals surface area contributed by atoms with Crippen LogP contribution in [0.1, 0.15) is 20.9 Å². The highest BCUT2D eigenvalue weighted by atomic mass is 32.1. The molecule has 0 bridgehead atoms. The molecule has 2 amide bonds. The predicted molar refractivity (Wildman–Crippen MR) is 98.8 cm³/mol. The second-order valence-electron chi connectivity index (χ2n) is 4.96. The average molecular weight is 395 g/mol. The zero-order valence-corrected chi connectivity index (χ0v) is 15.8. The number of hydrogen-bond acceptors (Lipinski definition) is 7. The van der Waals surface area contributed by atoms with Gasteiger partial charge in [-0.3, -0.25) is 4.79 Å². The van der Waals surface area contributed by atoms with Crippen LogP contribution in [0.25, 0.3) is 0 Å². The van der Waals surface area contributed by atoms with Gasteiger partial charge in [-0.05, 0) is 12.5 Å². The fourth-order valence-corrected chi connectivity index (χ4v) is 3.01. The van der Waals surface area contributed by atoms with Crippen LogP contribution in [-0.4, -0.2) is 35.5 Å². The number of benzene rings is 1. The van der Waals surface area contributed by atoms with Gasteiger partial charge in [-0.15, -0.1) is 0 Å². The third kappa shape index (κ3) is 4.96. The number of thiol groups is 1. The predicted octanol–water partition coefficient (Wildman–Crippen LogP) is 1.88. The quantitative estimate of drug-likeness (QED) is 0.595. The average Bonchev–Trinajstić information content (AvgIpc) is 2.96. The van der Waals surface area contributed by atoms with E-state index in [1.807, 2.05) is 30.3 Å². The standard InChI is InChI=1S/C16H17N3O5S2/c1-10-13(14(21)23-2)26-15(17-12(20)9-25)19(10)18-16(22)24-8-11-6-4-3-5-7-11/h3-7,25H,8-9H2,1-2H3,(H,18,22). The van der Waals surface area contributed by atoms with Crippen molar-refractivity contribution < 1.29 is 23.9 Å². The van der Waals surface area contributed by atoms with Crippen molar-refractivity contribution in [1.82, 2.24) is 4.68 Å². The number of ether oxygens (including phenoxy) is 2. The summed E-state index contributed by atoms with van der Waals surface area (Å²) in [6, 6.07) is 9.15. The lowest BCUT2D eigenvalue weighted by Gasteiger charge is -2.09. The summed E-state index contributed by atoms with van der Waals surface area (Å²) >= 11 is 4.78. The largest absolute Gasteiger partial charge is 0.465 e. The number of carbonyl (C=O) groups excluding carboxylic acids is 3. The first-order chi connectivity index (χ1) is 12.5. The maximum Gasteiger partial charge on any atom is 0.426 e. The third-order valence-electron chi connectivity index (χ3n) is 3.19. The molecule has 2 rings (SSSR count). The lowest BCUT2D eigenvalue weighted by Crippen LogP contribution is -2.32. The summed E-state index contributed by atoms with van der Waals surface area (Å²) in [5.41, 5.74) is 3.65. The fraction of sp³-hybridized carbons (Fsp3) is 0.250. The van der Waals surface area contributed by atoms with Gasteiger partial charge in [0.15, 0.2) is 0 Å². The molecule has 0 unspecified atom stereocenters. The Morgan fingerprint density at radius 3 is 2.58 bits per heavy atom. The minimum absolute atomic E-state index is 0.0717. The molecule has 26 heavy (non-hydrogen) atoms. The highest BCUT2D eigenvalue weighted by Gasteiger charge is 2.19. The molecule has 0 fully saturated rings. The summed E-state index contributed by atoms with van der Waals surface area (Å²) in [6.07, 6.45) is -0.758. The highest BCUT2D eigenvalue weighted by molar-refractivity contribution is 7.81. The van der Waals surface area contributed by atoms with Gasteiger partial charge in [-0.1, -0.05) is 41.7 Å². The second-order valence-corrected chi connectivity index (χ2v) is 6.26. The fourth-order valence-electron chi connectivity index (χ4n) is 1.93. The monoisotopic (exact) mass is 395 g/mol. The molecule has 1 aromatic carbocycles. The molecule has 8 nitrogen and oxygen atoms in total. The molecule has 0 aliphatic carbocycles. The Hall–Kier alpha value is -2.59. The molecule has 0 saturated heterocycles. The Bertz CT molecular complexity index is 874. The molecule has 0 radical (unpaired) electrons. The smallest absolute Gasteiger partial charge is 0.426 e. The number of methoxy groups -OCH3 is 1. The van der Waals surface area contributed by atoms with Crippen molar-refractivity contribution in [2.24, 2.45) is 4.99 Å². The van der Waals surface area contributed by atoms with Gasteiger partial charge in [0.2, 0.25) is 4.80 Å². The van der Waals surface area contributed by atoms with Crippen molar-refractivity contribution in [3.05, 3.63) is 51.3 Å². The molecular formula is C16H17N3O5S2. The Morgan fingerprint density at radius 1 is 1.27 bits per heavy atom. The van der Waals surface area contributed by atoms with Crippen molar-refractivity contribution in [2.75, 3.05) is 18.3 Å². The number of thiazole rings is 1. The normalized spacial score (nSPS) is 11.1. The van der Waals surface area contributed by atoms with Crippen LogP contribution in [0, 0.1) is 6.92 Å². The number of amides is 2. The summed E-state index contributed by atoms with van der Waals surface area (Å²) in [5, 5.41) is 0. The molecule has 1 heterocycles. The summed E-state index contributed by atoms with van der Waals surface area (Å²) in [4.78, 5) is 39.7. The van der Waals surface area contributed by atoms with Crippen LogP contribution in [0.3, 0.4) is 0 Å². The number of aromatic nitrogens is 1. The van der Waals surface area contributed by atoms with Gasteiger partial charge in [0.05, 0.1) is 18.6 Å². The molecule has 0 aliphatic rings. The van der Waals surface area contributed by atoms with Gasteiger partial charge >= 0.3 is 12.1 Å². The Kier molecular flexibility index (Phi) is 6.98. The molecule has 0 saturated carbocycles. The first-order valence-electron chi connectivity index (χ1n) is 7.43. The van der Waals surface area contributed by atoms with Crippen LogP contribution in [0.15, 0.2) is 35.3 Å². The minimum Gasteiger partial charge on any atom is -0.465 e. The molecule has 138 valence electrons. The van der Waals surface area contributed by atoms with Gasteiger partial charge < -0.3 is 9.47 Å². The summed E-state index contributed by atoms with van der Waals surface area (Å²) in [5.74, 6) is -1.22. The van der Waals surface area contributed by atoms with Gasteiger partial charge in [-0.25, -0.2) is 19.7 Å². The van der Waals surface area contributed by atoms with E-state index in [1.54, 1.807) is 6.92 Å². The van der Waals surface area contributed by atoms with E-state index in [2.05, 4.69) is 23.0 Å². The van der Waals surface area contributed by atoms with Gasteiger partial charge in [0.25, 0.3) is 5.91 Å². The maximum atomic E-state index is 12.1. The van der Waals surface area contributed by atoms with Gasteiger partial charge in [0, 0.05) is 0 Å². The molecular weight excluding hydrogens is 378 g/mol. The lowest BCUT2D eigenvalue weighted by atomic mass is 10.2. The van der Waals surface area contributed by atoms with Gasteiger partial charge in [-0.2, -0.15) is 17.6 Å². The molecule has 0 atom stereocenters. The summed E-state index contributed by atoms with van der Waals surface area (Å²) in [6.45, 7) is 1.66. The summed E-state index contributed by atoms with van der Waals surface area (Å²) in [7, 11) is 1.24. The summed E-state index contributed by atoms with van der Waals surface area (Å²) < 4.78 is 11.1. The van der Waals surface area contributed by atoms with Crippen LogP contribution < -0.4 is 10.2 Å². The minimum atomic E-state index is -0.758. The van der Waals surface area contributed by atoms with Crippen LogP contribution in [-0.2, 0) is 20.9 Å². The van der Waals surface area contributed by atoms with Crippen LogP contribution in [0.2, 0.25) is 0 Å². The van der Waals surface area contributed by atoms with E-state index in [-0.39, 0.29) is 22.0 Å². The van der Waals surface area contributed by atoms with Crippen molar-refractivity contribution >= 4 is 41.9 Å². The Balaban J connectivity index is 2.24. The molecule has 0 spiro atoms. The number of rotatable bonds is 5.